The summed E-state index contributed by atoms with van der Waals surface area (Å²) in [7, 11) is 0. The summed E-state index contributed by atoms with van der Waals surface area (Å²) in [6, 6.07) is 7.46. The van der Waals surface area contributed by atoms with Gasteiger partial charge in [-0.1, -0.05) is 30.7 Å². The summed E-state index contributed by atoms with van der Waals surface area (Å²) in [4.78, 5) is 12.0. The quantitative estimate of drug-likeness (QED) is 0.903. The van der Waals surface area contributed by atoms with Crippen LogP contribution < -0.4 is 5.32 Å². The Morgan fingerprint density at radius 2 is 2.10 bits per heavy atom. The Labute approximate surface area is 122 Å². The number of carbonyl (C=O) groups excluding carboxylic acids is 1. The number of carbonyl (C=O) groups is 1. The smallest absolute Gasteiger partial charge is 0.227 e. The van der Waals surface area contributed by atoms with E-state index in [1.54, 1.807) is 0 Å². The van der Waals surface area contributed by atoms with Gasteiger partial charge in [0, 0.05) is 16.5 Å². The largest absolute Gasteiger partial charge is 0.322 e. The molecule has 1 saturated carbocycles. The van der Waals surface area contributed by atoms with Crippen LogP contribution in [0.2, 0.25) is 5.02 Å². The van der Waals surface area contributed by atoms with Crippen molar-refractivity contribution in [3.63, 3.8) is 0 Å². The summed E-state index contributed by atoms with van der Waals surface area (Å²) in [6.45, 7) is 2.03. The fraction of sp³-hybridized carbons (Fsp3) is 0.333. The lowest BCUT2D eigenvalue weighted by atomic mass is 10.1. The van der Waals surface area contributed by atoms with Gasteiger partial charge in [0.05, 0.1) is 11.4 Å². The lowest BCUT2D eigenvalue weighted by Crippen LogP contribution is -2.14. The Bertz CT molecular complexity index is 629. The summed E-state index contributed by atoms with van der Waals surface area (Å²) in [6.07, 6.45) is 2.77. The Balaban J connectivity index is 1.95. The van der Waals surface area contributed by atoms with Crippen LogP contribution in [-0.4, -0.2) is 16.1 Å². The molecule has 1 aromatic heterocycles. The monoisotopic (exact) mass is 289 g/mol. The van der Waals surface area contributed by atoms with Crippen LogP contribution in [0.4, 0.5) is 5.69 Å². The number of rotatable bonds is 4. The van der Waals surface area contributed by atoms with Gasteiger partial charge in [0.1, 0.15) is 5.69 Å². The van der Waals surface area contributed by atoms with E-state index in [4.69, 9.17) is 11.6 Å². The predicted octanol–water partition coefficient (Wildman–Crippen LogP) is 3.64. The van der Waals surface area contributed by atoms with Crippen LogP contribution >= 0.6 is 11.6 Å². The molecule has 1 amide bonds. The van der Waals surface area contributed by atoms with Crippen LogP contribution in [-0.2, 0) is 11.2 Å². The van der Waals surface area contributed by atoms with Gasteiger partial charge in [-0.25, -0.2) is 0 Å². The van der Waals surface area contributed by atoms with E-state index in [2.05, 4.69) is 15.5 Å². The highest BCUT2D eigenvalue weighted by Gasteiger charge is 2.31. The first-order valence-corrected chi connectivity index (χ1v) is 7.21. The van der Waals surface area contributed by atoms with Gasteiger partial charge in [0.25, 0.3) is 0 Å². The minimum absolute atomic E-state index is 0.0938. The Kier molecular flexibility index (Phi) is 3.49. The first-order valence-electron chi connectivity index (χ1n) is 6.83. The number of aromatic amines is 1. The number of hydrogen-bond donors (Lipinski definition) is 2. The number of amides is 1. The van der Waals surface area contributed by atoms with Crippen LogP contribution in [0.25, 0.3) is 11.3 Å². The molecule has 0 unspecified atom stereocenters. The molecule has 0 atom stereocenters. The van der Waals surface area contributed by atoms with E-state index in [1.165, 1.54) is 0 Å². The van der Waals surface area contributed by atoms with Crippen molar-refractivity contribution in [1.82, 2.24) is 10.2 Å². The van der Waals surface area contributed by atoms with Crippen molar-refractivity contribution in [2.24, 2.45) is 5.92 Å². The molecule has 1 heterocycles. The highest BCUT2D eigenvalue weighted by Crippen LogP contribution is 2.34. The van der Waals surface area contributed by atoms with Crippen molar-refractivity contribution < 1.29 is 4.79 Å². The van der Waals surface area contributed by atoms with E-state index in [9.17, 15) is 4.79 Å². The Morgan fingerprint density at radius 1 is 1.40 bits per heavy atom. The number of halogens is 1. The molecule has 3 rings (SSSR count). The predicted molar refractivity (Wildman–Crippen MR) is 79.8 cm³/mol. The molecule has 1 aliphatic rings. The van der Waals surface area contributed by atoms with Crippen molar-refractivity contribution in [2.75, 3.05) is 5.32 Å². The molecule has 2 N–H and O–H groups in total. The molecule has 0 spiro atoms. The zero-order valence-corrected chi connectivity index (χ0v) is 12.0. The zero-order chi connectivity index (χ0) is 14.1. The van der Waals surface area contributed by atoms with E-state index < -0.39 is 0 Å². The molecule has 0 radical (unpaired) electrons. The van der Waals surface area contributed by atoms with Gasteiger partial charge < -0.3 is 5.32 Å². The van der Waals surface area contributed by atoms with Gasteiger partial charge >= 0.3 is 0 Å². The normalized spacial score (nSPS) is 14.3. The maximum absolute atomic E-state index is 12.0. The second-order valence-corrected chi connectivity index (χ2v) is 5.49. The molecular weight excluding hydrogens is 274 g/mol. The van der Waals surface area contributed by atoms with E-state index in [0.29, 0.717) is 5.02 Å². The maximum Gasteiger partial charge on any atom is 0.227 e. The number of hydrogen-bond acceptors (Lipinski definition) is 2. The summed E-state index contributed by atoms with van der Waals surface area (Å²) in [5, 5.41) is 11.0. The Morgan fingerprint density at radius 3 is 2.70 bits per heavy atom. The molecule has 5 heteroatoms. The van der Waals surface area contributed by atoms with Crippen LogP contribution in [0, 0.1) is 5.92 Å². The van der Waals surface area contributed by atoms with Crippen LogP contribution in [0.15, 0.2) is 24.3 Å². The Hall–Kier alpha value is -1.81. The van der Waals surface area contributed by atoms with Crippen molar-refractivity contribution in [1.29, 1.82) is 0 Å². The number of nitrogens with one attached hydrogen (secondary N) is 2. The molecule has 4 nitrogen and oxygen atoms in total. The molecule has 1 aliphatic carbocycles. The van der Waals surface area contributed by atoms with Gasteiger partial charge in [-0.15, -0.1) is 0 Å². The highest BCUT2D eigenvalue weighted by atomic mass is 35.5. The lowest BCUT2D eigenvalue weighted by molar-refractivity contribution is -0.117. The van der Waals surface area contributed by atoms with Gasteiger partial charge in [0.2, 0.25) is 5.91 Å². The number of benzene rings is 1. The van der Waals surface area contributed by atoms with Crippen molar-refractivity contribution >= 4 is 23.2 Å². The molecule has 0 bridgehead atoms. The molecule has 2 aromatic rings. The SMILES string of the molecule is CCc1[nH]nc(-c2ccc(Cl)cc2)c1NC(=O)C1CC1. The summed E-state index contributed by atoms with van der Waals surface area (Å²) in [5.41, 5.74) is 3.46. The van der Waals surface area contributed by atoms with Gasteiger partial charge in [-0.05, 0) is 31.4 Å². The van der Waals surface area contributed by atoms with E-state index in [0.717, 1.165) is 41.9 Å². The van der Waals surface area contributed by atoms with E-state index in [-0.39, 0.29) is 11.8 Å². The summed E-state index contributed by atoms with van der Waals surface area (Å²) >= 11 is 5.91. The third-order valence-electron chi connectivity index (χ3n) is 3.51. The number of aryl methyl sites for hydroxylation is 1. The topological polar surface area (TPSA) is 57.8 Å². The molecule has 1 fully saturated rings. The van der Waals surface area contributed by atoms with Crippen molar-refractivity contribution in [2.45, 2.75) is 26.2 Å². The zero-order valence-electron chi connectivity index (χ0n) is 11.2. The van der Waals surface area contributed by atoms with Crippen LogP contribution in [0.1, 0.15) is 25.5 Å². The fourth-order valence-electron chi connectivity index (χ4n) is 2.16. The number of aromatic nitrogens is 2. The molecule has 1 aromatic carbocycles. The number of anilines is 1. The first kappa shape index (κ1) is 13.2. The molecule has 20 heavy (non-hydrogen) atoms. The molecular formula is C15H16ClN3O. The number of H-pyrrole nitrogens is 1. The average molecular weight is 290 g/mol. The number of nitrogens with zero attached hydrogens (tertiary/aromatic N) is 1. The molecule has 0 aliphatic heterocycles. The molecule has 0 saturated heterocycles. The van der Waals surface area contributed by atoms with Crippen molar-refractivity contribution in [3.8, 4) is 11.3 Å². The van der Waals surface area contributed by atoms with Gasteiger partial charge in [0.15, 0.2) is 0 Å². The third kappa shape index (κ3) is 2.56. The van der Waals surface area contributed by atoms with Crippen LogP contribution in [0.5, 0.6) is 0 Å². The second kappa shape index (κ2) is 5.29. The van der Waals surface area contributed by atoms with Crippen molar-refractivity contribution in [3.05, 3.63) is 35.0 Å². The first-order chi connectivity index (χ1) is 9.69. The average Bonchev–Trinajstić information content (AvgIpc) is 3.23. The third-order valence-corrected chi connectivity index (χ3v) is 3.76. The fourth-order valence-corrected chi connectivity index (χ4v) is 2.28. The van der Waals surface area contributed by atoms with E-state index >= 15 is 0 Å². The van der Waals surface area contributed by atoms with E-state index in [1.807, 2.05) is 31.2 Å². The maximum atomic E-state index is 12.0. The standard InChI is InChI=1S/C15H16ClN3O/c1-2-12-14(17-15(20)10-3-4-10)13(19-18-12)9-5-7-11(16)8-6-9/h5-8,10H,2-4H2,1H3,(H,17,20)(H,18,19). The van der Waals surface area contributed by atoms with Gasteiger partial charge in [-0.3, -0.25) is 9.89 Å². The highest BCUT2D eigenvalue weighted by molar-refractivity contribution is 6.30. The van der Waals surface area contributed by atoms with Crippen LogP contribution in [0.3, 0.4) is 0 Å². The summed E-state index contributed by atoms with van der Waals surface area (Å²) < 4.78 is 0. The minimum atomic E-state index is 0.0938. The van der Waals surface area contributed by atoms with Gasteiger partial charge in [-0.2, -0.15) is 5.10 Å². The molecule has 104 valence electrons. The lowest BCUT2D eigenvalue weighted by Gasteiger charge is -2.07. The second-order valence-electron chi connectivity index (χ2n) is 5.05. The summed E-state index contributed by atoms with van der Waals surface area (Å²) in [5.74, 6) is 0.268. The minimum Gasteiger partial charge on any atom is -0.322 e.